The third-order valence-corrected chi connectivity index (χ3v) is 0.799. The van der Waals surface area contributed by atoms with Gasteiger partial charge in [-0.05, 0) is 13.8 Å². The van der Waals surface area contributed by atoms with Crippen molar-refractivity contribution in [2.45, 2.75) is 26.1 Å². The SMILES string of the molecule is CC(O)COOC(C)CO. The zero-order valence-electron chi connectivity index (χ0n) is 6.28. The molecule has 0 amide bonds. The molecule has 0 heterocycles. The highest BCUT2D eigenvalue weighted by Crippen LogP contribution is 1.91. The minimum Gasteiger partial charge on any atom is -0.394 e. The van der Waals surface area contributed by atoms with Gasteiger partial charge in [0.1, 0.15) is 12.7 Å². The van der Waals surface area contributed by atoms with Gasteiger partial charge >= 0.3 is 0 Å². The largest absolute Gasteiger partial charge is 0.394 e. The van der Waals surface area contributed by atoms with E-state index in [-0.39, 0.29) is 19.3 Å². The van der Waals surface area contributed by atoms with Crippen LogP contribution in [0.1, 0.15) is 13.8 Å². The molecule has 62 valence electrons. The Balaban J connectivity index is 3.03. The van der Waals surface area contributed by atoms with Crippen molar-refractivity contribution in [2.75, 3.05) is 13.2 Å². The van der Waals surface area contributed by atoms with Gasteiger partial charge in [0.05, 0.1) is 12.7 Å². The van der Waals surface area contributed by atoms with Crippen molar-refractivity contribution < 1.29 is 20.0 Å². The Labute approximate surface area is 60.3 Å². The summed E-state index contributed by atoms with van der Waals surface area (Å²) < 4.78 is 0. The van der Waals surface area contributed by atoms with E-state index in [0.29, 0.717) is 0 Å². The van der Waals surface area contributed by atoms with Crippen LogP contribution >= 0.6 is 0 Å². The van der Waals surface area contributed by atoms with Crippen LogP contribution in [0.2, 0.25) is 0 Å². The Bertz CT molecular complexity index is 74.1. The second-order valence-electron chi connectivity index (χ2n) is 2.22. The Morgan fingerprint density at radius 1 is 1.40 bits per heavy atom. The summed E-state index contributed by atoms with van der Waals surface area (Å²) in [5.41, 5.74) is 0. The predicted molar refractivity (Wildman–Crippen MR) is 35.3 cm³/mol. The van der Waals surface area contributed by atoms with E-state index < -0.39 is 6.10 Å². The van der Waals surface area contributed by atoms with Crippen molar-refractivity contribution in [2.24, 2.45) is 0 Å². The summed E-state index contributed by atoms with van der Waals surface area (Å²) in [5.74, 6) is 0. The third-order valence-electron chi connectivity index (χ3n) is 0.799. The molecule has 0 rings (SSSR count). The van der Waals surface area contributed by atoms with E-state index >= 15 is 0 Å². The number of aliphatic hydroxyl groups excluding tert-OH is 2. The quantitative estimate of drug-likeness (QED) is 0.417. The summed E-state index contributed by atoms with van der Waals surface area (Å²) in [5, 5.41) is 17.1. The fraction of sp³-hybridized carbons (Fsp3) is 1.00. The minimum absolute atomic E-state index is 0.0835. The maximum atomic E-state index is 8.67. The molecule has 0 aliphatic heterocycles. The van der Waals surface area contributed by atoms with Crippen LogP contribution in [-0.2, 0) is 9.78 Å². The monoisotopic (exact) mass is 150 g/mol. The van der Waals surface area contributed by atoms with E-state index in [9.17, 15) is 0 Å². The molecule has 0 aromatic carbocycles. The highest BCUT2D eigenvalue weighted by atomic mass is 17.2. The topological polar surface area (TPSA) is 58.9 Å². The number of aliphatic hydroxyl groups is 2. The fourth-order valence-corrected chi connectivity index (χ4v) is 0.284. The lowest BCUT2D eigenvalue weighted by atomic mass is 10.4. The Kier molecular flexibility index (Phi) is 5.52. The lowest BCUT2D eigenvalue weighted by Gasteiger charge is -2.09. The zero-order chi connectivity index (χ0) is 7.98. The van der Waals surface area contributed by atoms with E-state index in [1.165, 1.54) is 0 Å². The molecule has 0 aromatic heterocycles. The highest BCUT2D eigenvalue weighted by Gasteiger charge is 2.01. The molecule has 0 aliphatic carbocycles. The lowest BCUT2D eigenvalue weighted by Crippen LogP contribution is -2.17. The van der Waals surface area contributed by atoms with Gasteiger partial charge in [-0.25, -0.2) is 9.78 Å². The van der Waals surface area contributed by atoms with Crippen LogP contribution in [0.4, 0.5) is 0 Å². The summed E-state index contributed by atoms with van der Waals surface area (Å²) >= 11 is 0. The van der Waals surface area contributed by atoms with Gasteiger partial charge in [0, 0.05) is 0 Å². The van der Waals surface area contributed by atoms with Gasteiger partial charge in [0.2, 0.25) is 0 Å². The van der Waals surface area contributed by atoms with Crippen molar-refractivity contribution in [3.8, 4) is 0 Å². The molecule has 0 aliphatic rings. The minimum atomic E-state index is -0.536. The first-order chi connectivity index (χ1) is 4.66. The van der Waals surface area contributed by atoms with Gasteiger partial charge in [0.15, 0.2) is 0 Å². The maximum Gasteiger partial charge on any atom is 0.113 e. The van der Waals surface area contributed by atoms with Crippen molar-refractivity contribution in [1.82, 2.24) is 0 Å². The van der Waals surface area contributed by atoms with Crippen molar-refractivity contribution >= 4 is 0 Å². The Hall–Kier alpha value is -0.160. The molecule has 4 nitrogen and oxygen atoms in total. The maximum absolute atomic E-state index is 8.67. The third kappa shape index (κ3) is 5.97. The second-order valence-corrected chi connectivity index (χ2v) is 2.22. The molecule has 0 saturated heterocycles. The van der Waals surface area contributed by atoms with Gasteiger partial charge in [-0.1, -0.05) is 0 Å². The molecule has 0 bridgehead atoms. The van der Waals surface area contributed by atoms with Gasteiger partial charge in [-0.2, -0.15) is 0 Å². The van der Waals surface area contributed by atoms with Crippen LogP contribution in [-0.4, -0.2) is 35.6 Å². The Morgan fingerprint density at radius 3 is 2.40 bits per heavy atom. The number of rotatable bonds is 5. The van der Waals surface area contributed by atoms with Crippen LogP contribution in [0.5, 0.6) is 0 Å². The molecular weight excluding hydrogens is 136 g/mol. The first-order valence-corrected chi connectivity index (χ1v) is 3.24. The average Bonchev–Trinajstić information content (AvgIpc) is 1.87. The average molecular weight is 150 g/mol. The van der Waals surface area contributed by atoms with Crippen LogP contribution in [0.25, 0.3) is 0 Å². The summed E-state index contributed by atoms with van der Waals surface area (Å²) in [6.07, 6.45) is -0.871. The van der Waals surface area contributed by atoms with Crippen molar-refractivity contribution in [1.29, 1.82) is 0 Å². The molecule has 10 heavy (non-hydrogen) atoms. The first-order valence-electron chi connectivity index (χ1n) is 3.24. The normalized spacial score (nSPS) is 16.8. The summed E-state index contributed by atoms with van der Waals surface area (Å²) in [4.78, 5) is 9.13. The number of hydrogen-bond donors (Lipinski definition) is 2. The Morgan fingerprint density at radius 2 is 2.00 bits per heavy atom. The molecule has 2 unspecified atom stereocenters. The summed E-state index contributed by atoms with van der Waals surface area (Å²) in [6.45, 7) is 3.30. The molecule has 0 saturated carbocycles. The van der Waals surface area contributed by atoms with Gasteiger partial charge < -0.3 is 10.2 Å². The predicted octanol–water partition coefficient (Wildman–Crippen LogP) is -0.304. The molecule has 0 aromatic rings. The van der Waals surface area contributed by atoms with Crippen LogP contribution in [0.3, 0.4) is 0 Å². The molecule has 0 spiro atoms. The standard InChI is InChI=1S/C6H14O4/c1-5(8)4-9-10-6(2)3-7/h5-8H,3-4H2,1-2H3. The summed E-state index contributed by atoms with van der Waals surface area (Å²) in [7, 11) is 0. The van der Waals surface area contributed by atoms with E-state index in [1.807, 2.05) is 0 Å². The second kappa shape index (κ2) is 5.61. The van der Waals surface area contributed by atoms with E-state index in [0.717, 1.165) is 0 Å². The first kappa shape index (κ1) is 9.84. The zero-order valence-corrected chi connectivity index (χ0v) is 6.28. The van der Waals surface area contributed by atoms with Crippen LogP contribution < -0.4 is 0 Å². The smallest absolute Gasteiger partial charge is 0.113 e. The lowest BCUT2D eigenvalue weighted by molar-refractivity contribution is -0.332. The van der Waals surface area contributed by atoms with Crippen molar-refractivity contribution in [3.05, 3.63) is 0 Å². The highest BCUT2D eigenvalue weighted by molar-refractivity contribution is 4.40. The molecule has 2 atom stereocenters. The van der Waals surface area contributed by atoms with Gasteiger partial charge in [0.25, 0.3) is 0 Å². The molecule has 0 fully saturated rings. The van der Waals surface area contributed by atoms with Gasteiger partial charge in [-0.3, -0.25) is 0 Å². The van der Waals surface area contributed by atoms with Crippen LogP contribution in [0.15, 0.2) is 0 Å². The van der Waals surface area contributed by atoms with E-state index in [1.54, 1.807) is 13.8 Å². The van der Waals surface area contributed by atoms with Crippen molar-refractivity contribution in [3.63, 3.8) is 0 Å². The summed E-state index contributed by atoms with van der Waals surface area (Å²) in [6, 6.07) is 0. The number of hydrogen-bond acceptors (Lipinski definition) is 4. The van der Waals surface area contributed by atoms with Gasteiger partial charge in [-0.15, -0.1) is 0 Å². The molecule has 0 radical (unpaired) electrons. The molecular formula is C6H14O4. The molecule has 2 N–H and O–H groups in total. The molecule has 4 heteroatoms. The van der Waals surface area contributed by atoms with E-state index in [2.05, 4.69) is 9.78 Å². The van der Waals surface area contributed by atoms with E-state index in [4.69, 9.17) is 10.2 Å². The van der Waals surface area contributed by atoms with Crippen LogP contribution in [0, 0.1) is 0 Å². The fourth-order valence-electron chi connectivity index (χ4n) is 0.284.